The van der Waals surface area contributed by atoms with Crippen LogP contribution in [0.5, 0.6) is 0 Å². The highest BCUT2D eigenvalue weighted by molar-refractivity contribution is 9.10. The number of carbonyl (C=O) groups is 1. The number of amides is 1. The van der Waals surface area contributed by atoms with E-state index >= 15 is 0 Å². The van der Waals surface area contributed by atoms with Gasteiger partial charge in [-0.05, 0) is 46.6 Å². The summed E-state index contributed by atoms with van der Waals surface area (Å²) in [7, 11) is 0. The highest BCUT2D eigenvalue weighted by atomic mass is 79.9. The van der Waals surface area contributed by atoms with E-state index in [0.29, 0.717) is 30.4 Å². The molecule has 1 aromatic heterocycles. The van der Waals surface area contributed by atoms with Crippen LogP contribution in [0.4, 0.5) is 0 Å². The van der Waals surface area contributed by atoms with Crippen molar-refractivity contribution in [3.8, 4) is 0 Å². The molecule has 1 saturated heterocycles. The molecule has 0 spiro atoms. The predicted octanol–water partition coefficient (Wildman–Crippen LogP) is 4.14. The fourth-order valence-corrected chi connectivity index (χ4v) is 3.38. The van der Waals surface area contributed by atoms with E-state index in [1.807, 2.05) is 52.9 Å². The molecule has 0 bridgehead atoms. The van der Waals surface area contributed by atoms with Gasteiger partial charge < -0.3 is 14.2 Å². The topological polar surface area (TPSA) is 34.5 Å². The van der Waals surface area contributed by atoms with Crippen molar-refractivity contribution >= 4 is 33.4 Å². The van der Waals surface area contributed by atoms with Crippen LogP contribution in [0.1, 0.15) is 29.1 Å². The van der Waals surface area contributed by atoms with Crippen LogP contribution in [0.15, 0.2) is 41.0 Å². The van der Waals surface area contributed by atoms with E-state index in [-0.39, 0.29) is 12.0 Å². The van der Waals surface area contributed by atoms with E-state index in [4.69, 9.17) is 16.3 Å². The highest BCUT2D eigenvalue weighted by Crippen LogP contribution is 2.25. The Morgan fingerprint density at radius 3 is 2.83 bits per heavy atom. The Bertz CT molecular complexity index is 699. The Hall–Kier alpha value is -1.30. The number of morpholine rings is 1. The standard InChI is InChI=1S/C17H18BrClN2O2/c1-2-20-10-13(18)9-15(20)17(22)21-7-8-23-16(11-21)12-3-5-14(19)6-4-12/h3-6,9-10,16H,2,7-8,11H2,1H3. The van der Waals surface area contributed by atoms with E-state index in [1.54, 1.807) is 0 Å². The van der Waals surface area contributed by atoms with Gasteiger partial charge in [0.1, 0.15) is 11.8 Å². The maximum Gasteiger partial charge on any atom is 0.270 e. The van der Waals surface area contributed by atoms with Crippen molar-refractivity contribution in [3.05, 3.63) is 57.3 Å². The Kier molecular flexibility index (Phi) is 5.09. The van der Waals surface area contributed by atoms with Gasteiger partial charge in [0.2, 0.25) is 0 Å². The molecule has 1 aliphatic rings. The number of halogens is 2. The molecule has 2 aromatic rings. The second kappa shape index (κ2) is 7.07. The van der Waals surface area contributed by atoms with Gasteiger partial charge in [0.25, 0.3) is 5.91 Å². The molecular weight excluding hydrogens is 380 g/mol. The number of carbonyl (C=O) groups excluding carboxylic acids is 1. The van der Waals surface area contributed by atoms with Crippen LogP contribution in [0.2, 0.25) is 5.02 Å². The summed E-state index contributed by atoms with van der Waals surface area (Å²) in [6, 6.07) is 9.47. The van der Waals surface area contributed by atoms with Crippen molar-refractivity contribution in [1.82, 2.24) is 9.47 Å². The minimum atomic E-state index is -0.113. The Morgan fingerprint density at radius 2 is 2.13 bits per heavy atom. The third-order valence-corrected chi connectivity index (χ3v) is 4.70. The minimum Gasteiger partial charge on any atom is -0.370 e. The van der Waals surface area contributed by atoms with E-state index < -0.39 is 0 Å². The molecule has 1 unspecified atom stereocenters. The van der Waals surface area contributed by atoms with Gasteiger partial charge in [0.15, 0.2) is 0 Å². The summed E-state index contributed by atoms with van der Waals surface area (Å²) in [6.07, 6.45) is 1.82. The van der Waals surface area contributed by atoms with Crippen molar-refractivity contribution < 1.29 is 9.53 Å². The fourth-order valence-electron chi connectivity index (χ4n) is 2.79. The van der Waals surface area contributed by atoms with Crippen LogP contribution in [0, 0.1) is 0 Å². The first-order valence-corrected chi connectivity index (χ1v) is 8.77. The highest BCUT2D eigenvalue weighted by Gasteiger charge is 2.27. The second-order valence-electron chi connectivity index (χ2n) is 5.49. The van der Waals surface area contributed by atoms with Gasteiger partial charge in [0, 0.05) is 28.8 Å². The lowest BCUT2D eigenvalue weighted by atomic mass is 10.1. The first kappa shape index (κ1) is 16.6. The lowest BCUT2D eigenvalue weighted by molar-refractivity contribution is -0.0231. The molecule has 4 nitrogen and oxygen atoms in total. The second-order valence-corrected chi connectivity index (χ2v) is 6.84. The third-order valence-electron chi connectivity index (χ3n) is 4.02. The maximum atomic E-state index is 12.8. The molecule has 23 heavy (non-hydrogen) atoms. The summed E-state index contributed by atoms with van der Waals surface area (Å²) >= 11 is 9.38. The van der Waals surface area contributed by atoms with Gasteiger partial charge in [-0.2, -0.15) is 0 Å². The predicted molar refractivity (Wildman–Crippen MR) is 93.9 cm³/mol. The fraction of sp³-hybridized carbons (Fsp3) is 0.353. The number of ether oxygens (including phenoxy) is 1. The normalized spacial score (nSPS) is 18.2. The molecule has 0 N–H and O–H groups in total. The van der Waals surface area contributed by atoms with Crippen molar-refractivity contribution in [2.45, 2.75) is 19.6 Å². The van der Waals surface area contributed by atoms with Crippen LogP contribution in [-0.4, -0.2) is 35.1 Å². The molecule has 2 heterocycles. The smallest absolute Gasteiger partial charge is 0.270 e. The van der Waals surface area contributed by atoms with Crippen molar-refractivity contribution in [3.63, 3.8) is 0 Å². The van der Waals surface area contributed by atoms with E-state index in [9.17, 15) is 4.79 Å². The molecule has 1 aromatic carbocycles. The number of rotatable bonds is 3. The molecule has 1 aliphatic heterocycles. The SMILES string of the molecule is CCn1cc(Br)cc1C(=O)N1CCOC(c2ccc(Cl)cc2)C1. The Labute approximate surface area is 149 Å². The number of aromatic nitrogens is 1. The molecule has 3 rings (SSSR count). The summed E-state index contributed by atoms with van der Waals surface area (Å²) < 4.78 is 8.71. The van der Waals surface area contributed by atoms with E-state index in [1.165, 1.54) is 0 Å². The molecule has 0 radical (unpaired) electrons. The quantitative estimate of drug-likeness (QED) is 0.780. The van der Waals surface area contributed by atoms with Crippen molar-refractivity contribution in [2.75, 3.05) is 19.7 Å². The summed E-state index contributed by atoms with van der Waals surface area (Å²) in [5.74, 6) is 0.0415. The van der Waals surface area contributed by atoms with Crippen LogP contribution < -0.4 is 0 Å². The Morgan fingerprint density at radius 1 is 1.39 bits per heavy atom. The zero-order valence-electron chi connectivity index (χ0n) is 12.8. The lowest BCUT2D eigenvalue weighted by Crippen LogP contribution is -2.42. The van der Waals surface area contributed by atoms with Crippen LogP contribution >= 0.6 is 27.5 Å². The minimum absolute atomic E-state index is 0.0415. The van der Waals surface area contributed by atoms with E-state index in [0.717, 1.165) is 16.6 Å². The number of aryl methyl sites for hydroxylation is 1. The zero-order valence-corrected chi connectivity index (χ0v) is 15.2. The van der Waals surface area contributed by atoms with Crippen molar-refractivity contribution in [2.24, 2.45) is 0 Å². The summed E-state index contributed by atoms with van der Waals surface area (Å²) in [6.45, 7) is 4.48. The molecule has 6 heteroatoms. The zero-order chi connectivity index (χ0) is 16.4. The maximum absolute atomic E-state index is 12.8. The monoisotopic (exact) mass is 396 g/mol. The van der Waals surface area contributed by atoms with Gasteiger partial charge in [-0.3, -0.25) is 4.79 Å². The van der Waals surface area contributed by atoms with Gasteiger partial charge in [-0.1, -0.05) is 23.7 Å². The first-order valence-electron chi connectivity index (χ1n) is 7.60. The van der Waals surface area contributed by atoms with Gasteiger partial charge in [0.05, 0.1) is 13.2 Å². The largest absolute Gasteiger partial charge is 0.370 e. The third kappa shape index (κ3) is 3.62. The molecular formula is C17H18BrClN2O2. The summed E-state index contributed by atoms with van der Waals surface area (Å²) in [4.78, 5) is 14.7. The van der Waals surface area contributed by atoms with Gasteiger partial charge in [-0.25, -0.2) is 0 Å². The molecule has 1 amide bonds. The molecule has 1 fully saturated rings. The Balaban J connectivity index is 1.77. The van der Waals surface area contributed by atoms with Crippen molar-refractivity contribution in [1.29, 1.82) is 0 Å². The number of benzene rings is 1. The van der Waals surface area contributed by atoms with E-state index in [2.05, 4.69) is 15.9 Å². The summed E-state index contributed by atoms with van der Waals surface area (Å²) in [5, 5.41) is 0.697. The van der Waals surface area contributed by atoms with Crippen LogP contribution in [-0.2, 0) is 11.3 Å². The lowest BCUT2D eigenvalue weighted by Gasteiger charge is -2.33. The molecule has 0 saturated carbocycles. The first-order chi connectivity index (χ1) is 11.1. The van der Waals surface area contributed by atoms with Crippen LogP contribution in [0.25, 0.3) is 0 Å². The number of nitrogens with zero attached hydrogens (tertiary/aromatic N) is 2. The average molecular weight is 398 g/mol. The average Bonchev–Trinajstić information content (AvgIpc) is 2.96. The summed E-state index contributed by atoms with van der Waals surface area (Å²) in [5.41, 5.74) is 1.75. The number of hydrogen-bond acceptors (Lipinski definition) is 2. The number of hydrogen-bond donors (Lipinski definition) is 0. The van der Waals surface area contributed by atoms with Gasteiger partial charge >= 0.3 is 0 Å². The molecule has 0 aliphatic carbocycles. The van der Waals surface area contributed by atoms with Crippen LogP contribution in [0.3, 0.4) is 0 Å². The molecule has 1 atom stereocenters. The van der Waals surface area contributed by atoms with Gasteiger partial charge in [-0.15, -0.1) is 0 Å². The molecule has 122 valence electrons.